The number of aromatic nitrogens is 1. The number of piperidine rings is 1. The Bertz CT molecular complexity index is 1670. The number of anilines is 1. The number of nitrogens with one attached hydrogen (secondary N) is 2. The van der Waals surface area contributed by atoms with Gasteiger partial charge in [0, 0.05) is 46.6 Å². The smallest absolute Gasteiger partial charge is 0.257 e. The number of hydrogen-bond donors (Lipinski definition) is 2. The van der Waals surface area contributed by atoms with Crippen LogP contribution in [0.3, 0.4) is 0 Å². The quantitative estimate of drug-likeness (QED) is 0.288. The molecular formula is C30H23ClN4O5S. The first-order chi connectivity index (χ1) is 19.8. The predicted octanol–water partition coefficient (Wildman–Crippen LogP) is 5.19. The van der Waals surface area contributed by atoms with E-state index in [1.807, 2.05) is 24.3 Å². The van der Waals surface area contributed by atoms with Crippen molar-refractivity contribution in [2.75, 3.05) is 5.32 Å². The van der Waals surface area contributed by atoms with Crippen molar-refractivity contribution in [3.05, 3.63) is 105 Å². The van der Waals surface area contributed by atoms with Crippen molar-refractivity contribution in [1.82, 2.24) is 15.2 Å². The second kappa shape index (κ2) is 11.1. The van der Waals surface area contributed by atoms with Gasteiger partial charge in [0.1, 0.15) is 17.5 Å². The maximum Gasteiger partial charge on any atom is 0.257 e. The molecule has 0 spiro atoms. The molecule has 4 amide bonds. The van der Waals surface area contributed by atoms with Crippen molar-refractivity contribution >= 4 is 51.7 Å². The lowest BCUT2D eigenvalue weighted by Gasteiger charge is -2.29. The van der Waals surface area contributed by atoms with Crippen molar-refractivity contribution in [3.8, 4) is 11.5 Å². The molecule has 1 fully saturated rings. The van der Waals surface area contributed by atoms with E-state index in [0.29, 0.717) is 45.6 Å². The summed E-state index contributed by atoms with van der Waals surface area (Å²) in [6.07, 6.45) is 2.96. The summed E-state index contributed by atoms with van der Waals surface area (Å²) in [7, 11) is 0. The number of amides is 4. The summed E-state index contributed by atoms with van der Waals surface area (Å²) >= 11 is 7.36. The lowest BCUT2D eigenvalue weighted by atomic mass is 10.0. The molecule has 2 aliphatic rings. The third-order valence-corrected chi connectivity index (χ3v) is 8.08. The Kier molecular flexibility index (Phi) is 7.25. The minimum Gasteiger partial charge on any atom is -0.457 e. The van der Waals surface area contributed by atoms with Crippen LogP contribution in [0.25, 0.3) is 0 Å². The molecule has 0 radical (unpaired) electrons. The number of halogens is 1. The average Bonchev–Trinajstić information content (AvgIpc) is 3.53. The summed E-state index contributed by atoms with van der Waals surface area (Å²) < 4.78 is 5.97. The van der Waals surface area contributed by atoms with Crippen LogP contribution in [-0.2, 0) is 22.6 Å². The normalized spacial score (nSPS) is 16.4. The maximum atomic E-state index is 12.9. The Balaban J connectivity index is 1.06. The molecule has 9 nitrogen and oxygen atoms in total. The van der Waals surface area contributed by atoms with Crippen LogP contribution in [0.1, 0.15) is 49.6 Å². The molecule has 11 heteroatoms. The van der Waals surface area contributed by atoms with Gasteiger partial charge in [-0.25, -0.2) is 4.98 Å². The molecule has 0 saturated carbocycles. The van der Waals surface area contributed by atoms with Crippen LogP contribution in [0.4, 0.5) is 5.13 Å². The second-order valence-electron chi connectivity index (χ2n) is 9.73. The Morgan fingerprint density at radius 2 is 1.80 bits per heavy atom. The summed E-state index contributed by atoms with van der Waals surface area (Å²) in [5.74, 6) is -0.252. The molecule has 6 rings (SSSR count). The van der Waals surface area contributed by atoms with Crippen LogP contribution < -0.4 is 15.4 Å². The van der Waals surface area contributed by atoms with E-state index in [2.05, 4.69) is 15.6 Å². The maximum absolute atomic E-state index is 12.9. The van der Waals surface area contributed by atoms with Crippen LogP contribution >= 0.6 is 22.9 Å². The van der Waals surface area contributed by atoms with Crippen LogP contribution in [0.15, 0.2) is 72.9 Å². The molecular weight excluding hydrogens is 564 g/mol. The van der Waals surface area contributed by atoms with Crippen LogP contribution in [-0.4, -0.2) is 39.6 Å². The highest BCUT2D eigenvalue weighted by atomic mass is 35.5. The Hall–Kier alpha value is -4.54. The zero-order chi connectivity index (χ0) is 28.5. The molecule has 1 aromatic heterocycles. The molecule has 4 aromatic rings. The van der Waals surface area contributed by atoms with Crippen molar-refractivity contribution in [2.45, 2.75) is 31.8 Å². The number of rotatable bonds is 7. The summed E-state index contributed by atoms with van der Waals surface area (Å²) in [6.45, 7) is 0.259. The fourth-order valence-corrected chi connectivity index (χ4v) is 5.81. The van der Waals surface area contributed by atoms with Gasteiger partial charge in [-0.15, -0.1) is 11.3 Å². The molecule has 41 heavy (non-hydrogen) atoms. The van der Waals surface area contributed by atoms with Gasteiger partial charge < -0.3 is 9.64 Å². The van der Waals surface area contributed by atoms with Gasteiger partial charge in [-0.2, -0.15) is 0 Å². The number of nitrogens with zero attached hydrogens (tertiary/aromatic N) is 2. The first kappa shape index (κ1) is 26.7. The van der Waals surface area contributed by atoms with Crippen molar-refractivity contribution < 1.29 is 23.9 Å². The van der Waals surface area contributed by atoms with Crippen LogP contribution in [0.5, 0.6) is 11.5 Å². The molecule has 0 aliphatic carbocycles. The zero-order valence-corrected chi connectivity index (χ0v) is 23.1. The van der Waals surface area contributed by atoms with E-state index in [9.17, 15) is 19.2 Å². The van der Waals surface area contributed by atoms with E-state index >= 15 is 0 Å². The summed E-state index contributed by atoms with van der Waals surface area (Å²) in [6, 6.07) is 18.8. The van der Waals surface area contributed by atoms with Crippen molar-refractivity contribution in [1.29, 1.82) is 0 Å². The molecule has 0 bridgehead atoms. The van der Waals surface area contributed by atoms with E-state index in [1.54, 1.807) is 48.7 Å². The van der Waals surface area contributed by atoms with Gasteiger partial charge in [0.05, 0.1) is 0 Å². The number of imide groups is 1. The van der Waals surface area contributed by atoms with Gasteiger partial charge in [-0.05, 0) is 72.1 Å². The third-order valence-electron chi connectivity index (χ3n) is 6.91. The highest BCUT2D eigenvalue weighted by Gasteiger charge is 2.39. The largest absolute Gasteiger partial charge is 0.457 e. The summed E-state index contributed by atoms with van der Waals surface area (Å²) in [4.78, 5) is 56.2. The molecule has 1 saturated heterocycles. The zero-order valence-electron chi connectivity index (χ0n) is 21.6. The fraction of sp³-hybridized carbons (Fsp3) is 0.167. The van der Waals surface area contributed by atoms with E-state index < -0.39 is 11.9 Å². The highest BCUT2D eigenvalue weighted by Crippen LogP contribution is 2.32. The Labute approximate surface area is 244 Å². The highest BCUT2D eigenvalue weighted by molar-refractivity contribution is 7.15. The summed E-state index contributed by atoms with van der Waals surface area (Å²) in [5.41, 5.74) is 2.80. The number of hydrogen-bond acceptors (Lipinski definition) is 7. The number of carbonyl (C=O) groups is 4. The molecule has 206 valence electrons. The monoisotopic (exact) mass is 586 g/mol. The molecule has 3 heterocycles. The minimum absolute atomic E-state index is 0.202. The Morgan fingerprint density at radius 3 is 2.56 bits per heavy atom. The molecule has 2 N–H and O–H groups in total. The number of fused-ring (bicyclic) bond motifs is 1. The van der Waals surface area contributed by atoms with Crippen LogP contribution in [0, 0.1) is 0 Å². The van der Waals surface area contributed by atoms with Gasteiger partial charge in [-0.3, -0.25) is 29.8 Å². The van der Waals surface area contributed by atoms with Gasteiger partial charge in [0.15, 0.2) is 5.13 Å². The molecule has 1 unspecified atom stereocenters. The van der Waals surface area contributed by atoms with Crippen molar-refractivity contribution in [3.63, 3.8) is 0 Å². The van der Waals surface area contributed by atoms with Gasteiger partial charge in [0.2, 0.25) is 11.8 Å². The average molecular weight is 587 g/mol. The van der Waals surface area contributed by atoms with Crippen molar-refractivity contribution in [2.24, 2.45) is 0 Å². The predicted molar refractivity (Wildman–Crippen MR) is 153 cm³/mol. The van der Waals surface area contributed by atoms with E-state index in [-0.39, 0.29) is 30.7 Å². The molecule has 1 atom stereocenters. The van der Waals surface area contributed by atoms with Gasteiger partial charge in [0.25, 0.3) is 11.8 Å². The first-order valence-electron chi connectivity index (χ1n) is 12.9. The number of ether oxygens (including phenoxy) is 1. The fourth-order valence-electron chi connectivity index (χ4n) is 4.84. The van der Waals surface area contributed by atoms with E-state index in [4.69, 9.17) is 16.3 Å². The molecule has 3 aromatic carbocycles. The van der Waals surface area contributed by atoms with Gasteiger partial charge >= 0.3 is 0 Å². The van der Waals surface area contributed by atoms with E-state index in [1.165, 1.54) is 16.2 Å². The van der Waals surface area contributed by atoms with Crippen LogP contribution in [0.2, 0.25) is 5.02 Å². The Morgan fingerprint density at radius 1 is 1.05 bits per heavy atom. The third kappa shape index (κ3) is 5.84. The lowest BCUT2D eigenvalue weighted by Crippen LogP contribution is -2.52. The number of carbonyl (C=O) groups excluding carboxylic acids is 4. The summed E-state index contributed by atoms with van der Waals surface area (Å²) in [5, 5.41) is 6.34. The van der Waals surface area contributed by atoms with Gasteiger partial charge in [-0.1, -0.05) is 23.7 Å². The standard InChI is InChI=1S/C30H23ClN4O5S/c31-20-5-1-17(2-6-20)13-23-15-32-30(41-23)34-27(37)18-3-7-21(8-4-18)40-22-9-10-24-19(14-22)16-35(29(24)39)25-11-12-26(36)33-28(25)38/h1-10,14-15,25H,11-13,16H2,(H,32,34,37)(H,33,36,38). The van der Waals surface area contributed by atoms with E-state index in [0.717, 1.165) is 16.0 Å². The second-order valence-corrected chi connectivity index (χ2v) is 11.3. The minimum atomic E-state index is -0.671. The SMILES string of the molecule is O=C1CCC(N2Cc3cc(Oc4ccc(C(=O)Nc5ncc(Cc6ccc(Cl)cc6)s5)cc4)ccc3C2=O)C(=O)N1. The number of benzene rings is 3. The lowest BCUT2D eigenvalue weighted by molar-refractivity contribution is -0.136. The first-order valence-corrected chi connectivity index (χ1v) is 14.1. The molecule has 2 aliphatic heterocycles. The topological polar surface area (TPSA) is 118 Å². The number of thiazole rings is 1.